The number of fused-ring (bicyclic) bond motifs is 4. The summed E-state index contributed by atoms with van der Waals surface area (Å²) in [4.78, 5) is 4.04. The molecule has 180 valence electrons. The molecular weight excluding hydrogens is 478 g/mol. The van der Waals surface area contributed by atoms with E-state index in [0.717, 1.165) is 0 Å². The van der Waals surface area contributed by atoms with Crippen molar-refractivity contribution in [2.75, 3.05) is 0 Å². The molecule has 0 saturated carbocycles. The zero-order chi connectivity index (χ0) is 25.5. The Bertz CT molecular complexity index is 1980. The summed E-state index contributed by atoms with van der Waals surface area (Å²) < 4.78 is 2.67. The molecule has 2 heteroatoms. The van der Waals surface area contributed by atoms with Crippen LogP contribution in [0, 0.1) is 0 Å². The number of nitrogens with zero attached hydrogens (tertiary/aromatic N) is 1. The van der Waals surface area contributed by atoms with E-state index in [9.17, 15) is 0 Å². The molecule has 0 fully saturated rings. The fourth-order valence-corrected chi connectivity index (χ4v) is 6.55. The van der Waals surface area contributed by atoms with Gasteiger partial charge in [0.25, 0.3) is 0 Å². The second kappa shape index (κ2) is 9.41. The zero-order valence-electron chi connectivity index (χ0n) is 20.9. The van der Waals surface area contributed by atoms with Crippen molar-refractivity contribution < 1.29 is 0 Å². The van der Waals surface area contributed by atoms with E-state index in [1.807, 2.05) is 11.3 Å². The van der Waals surface area contributed by atoms with Gasteiger partial charge in [0.2, 0.25) is 0 Å². The van der Waals surface area contributed by atoms with Crippen molar-refractivity contribution in [1.82, 2.24) is 0 Å². The first-order valence-corrected chi connectivity index (χ1v) is 13.6. The fraction of sp³-hybridized carbons (Fsp3) is 0.0278. The predicted molar refractivity (Wildman–Crippen MR) is 166 cm³/mol. The third kappa shape index (κ3) is 4.09. The van der Waals surface area contributed by atoms with E-state index in [4.69, 9.17) is 0 Å². The van der Waals surface area contributed by atoms with Crippen LogP contribution in [0.3, 0.4) is 0 Å². The molecule has 0 aliphatic rings. The molecule has 0 radical (unpaired) electrons. The normalized spacial score (nSPS) is 11.4. The molecular formula is C36H25NS. The largest absolute Gasteiger partial charge is 0.296 e. The lowest BCUT2D eigenvalue weighted by Gasteiger charge is -2.09. The van der Waals surface area contributed by atoms with E-state index >= 15 is 0 Å². The highest BCUT2D eigenvalue weighted by Crippen LogP contribution is 2.39. The zero-order valence-corrected chi connectivity index (χ0v) is 21.7. The number of hydrogen-bond acceptors (Lipinski definition) is 2. The molecule has 0 aliphatic heterocycles. The van der Waals surface area contributed by atoms with Gasteiger partial charge in [-0.25, -0.2) is 0 Å². The van der Waals surface area contributed by atoms with Gasteiger partial charge < -0.3 is 0 Å². The highest BCUT2D eigenvalue weighted by molar-refractivity contribution is 7.25. The Morgan fingerprint density at radius 1 is 0.474 bits per heavy atom. The molecule has 0 amide bonds. The Balaban J connectivity index is 1.26. The lowest BCUT2D eigenvalue weighted by atomic mass is 9.95. The topological polar surface area (TPSA) is 12.4 Å². The lowest BCUT2D eigenvalue weighted by molar-refractivity contribution is 1.08. The van der Waals surface area contributed by atoms with Crippen LogP contribution < -0.4 is 0 Å². The third-order valence-electron chi connectivity index (χ3n) is 7.29. The van der Waals surface area contributed by atoms with Crippen LogP contribution in [-0.2, 0) is 6.54 Å². The molecule has 1 aromatic heterocycles. The van der Waals surface area contributed by atoms with Gasteiger partial charge in [-0.05, 0) is 92.8 Å². The van der Waals surface area contributed by atoms with Crippen molar-refractivity contribution in [2.24, 2.45) is 4.99 Å². The molecule has 0 atom stereocenters. The molecule has 38 heavy (non-hydrogen) atoms. The monoisotopic (exact) mass is 503 g/mol. The second-order valence-electron chi connectivity index (χ2n) is 9.75. The van der Waals surface area contributed by atoms with E-state index < -0.39 is 0 Å². The van der Waals surface area contributed by atoms with Gasteiger partial charge in [-0.2, -0.15) is 0 Å². The van der Waals surface area contributed by atoms with Gasteiger partial charge in [0.1, 0.15) is 0 Å². The molecule has 0 bridgehead atoms. The Kier molecular flexibility index (Phi) is 5.61. The average Bonchev–Trinajstić information content (AvgIpc) is 3.33. The van der Waals surface area contributed by atoms with Crippen LogP contribution in [0.2, 0.25) is 0 Å². The van der Waals surface area contributed by atoms with Crippen molar-refractivity contribution in [3.63, 3.8) is 0 Å². The van der Waals surface area contributed by atoms with Gasteiger partial charge >= 0.3 is 0 Å². The molecule has 0 saturated heterocycles. The van der Waals surface area contributed by atoms with E-state index in [1.54, 1.807) is 0 Å². The quantitative estimate of drug-likeness (QED) is 0.207. The van der Waals surface area contributed by atoms with E-state index in [1.165, 1.54) is 69.9 Å². The summed E-state index contributed by atoms with van der Waals surface area (Å²) in [7, 11) is 0. The minimum Gasteiger partial charge on any atom is -0.296 e. The molecule has 1 heterocycles. The smallest absolute Gasteiger partial charge is 0.0632 e. The predicted octanol–water partition coefficient (Wildman–Crippen LogP) is 10.4. The molecule has 0 aliphatic carbocycles. The molecule has 0 N–H and O–H groups in total. The van der Waals surface area contributed by atoms with Crippen molar-refractivity contribution in [3.05, 3.63) is 133 Å². The summed E-state index contributed by atoms with van der Waals surface area (Å²) in [5, 5.41) is 5.26. The van der Waals surface area contributed by atoms with Crippen LogP contribution in [0.4, 0.5) is 0 Å². The van der Waals surface area contributed by atoms with Crippen LogP contribution in [0.1, 0.15) is 5.56 Å². The van der Waals surface area contributed by atoms with Crippen LogP contribution >= 0.6 is 11.3 Å². The number of aliphatic imine (C=N–C) groups is 1. The van der Waals surface area contributed by atoms with Gasteiger partial charge in [0, 0.05) is 20.2 Å². The Hall–Kier alpha value is -4.53. The molecule has 7 rings (SSSR count). The summed E-state index contributed by atoms with van der Waals surface area (Å²) in [6.07, 6.45) is 0. The van der Waals surface area contributed by atoms with Gasteiger partial charge in [-0.3, -0.25) is 4.99 Å². The first-order chi connectivity index (χ1) is 18.7. The molecule has 6 aromatic carbocycles. The molecule has 1 nitrogen and oxygen atoms in total. The van der Waals surface area contributed by atoms with Crippen molar-refractivity contribution in [2.45, 2.75) is 6.54 Å². The summed E-state index contributed by atoms with van der Waals surface area (Å²) in [6.45, 7) is 4.27. The van der Waals surface area contributed by atoms with Crippen molar-refractivity contribution in [3.8, 4) is 33.4 Å². The number of rotatable bonds is 5. The summed E-state index contributed by atoms with van der Waals surface area (Å²) >= 11 is 1.88. The average molecular weight is 504 g/mol. The lowest BCUT2D eigenvalue weighted by Crippen LogP contribution is -1.85. The summed E-state index contributed by atoms with van der Waals surface area (Å²) in [5.74, 6) is 0. The Morgan fingerprint density at radius 2 is 1.03 bits per heavy atom. The highest BCUT2D eigenvalue weighted by Gasteiger charge is 2.10. The molecule has 7 aromatic rings. The maximum atomic E-state index is 4.04. The van der Waals surface area contributed by atoms with Gasteiger partial charge in [0.05, 0.1) is 6.54 Å². The van der Waals surface area contributed by atoms with Gasteiger partial charge in [0.15, 0.2) is 0 Å². The Labute approximate surface area is 226 Å². The molecule has 0 spiro atoms. The third-order valence-corrected chi connectivity index (χ3v) is 8.40. The summed E-state index contributed by atoms with van der Waals surface area (Å²) in [5.41, 5.74) is 8.49. The number of thiophene rings is 1. The summed E-state index contributed by atoms with van der Waals surface area (Å²) in [6, 6.07) is 46.4. The highest BCUT2D eigenvalue weighted by atomic mass is 32.1. The minimum atomic E-state index is 0.635. The van der Waals surface area contributed by atoms with Crippen LogP contribution in [0.15, 0.2) is 132 Å². The number of hydrogen-bond donors (Lipinski definition) is 0. The molecule has 0 unspecified atom stereocenters. The first-order valence-electron chi connectivity index (χ1n) is 12.8. The fourth-order valence-electron chi connectivity index (χ4n) is 5.38. The Morgan fingerprint density at radius 3 is 1.68 bits per heavy atom. The maximum absolute atomic E-state index is 4.04. The SMILES string of the molecule is C=NCc1cccc(-c2cccc(-c3cccc(-c4ccc5c(c4)sc4cc6ccccc6cc45)c3)c2)c1. The maximum Gasteiger partial charge on any atom is 0.0632 e. The van der Waals surface area contributed by atoms with Crippen LogP contribution in [-0.4, -0.2) is 6.72 Å². The van der Waals surface area contributed by atoms with E-state index in [2.05, 4.69) is 139 Å². The standard InChI is InChI=1S/C36H25NS/c1-37-23-24-7-4-10-25(17-24)26-11-5-12-27(18-26)28-13-6-14-29(19-28)32-15-16-33-34-20-30-8-2-3-9-31(30)21-36(34)38-35(33)22-32/h2-22H,1,23H2. The minimum absolute atomic E-state index is 0.635. The van der Waals surface area contributed by atoms with Gasteiger partial charge in [-0.1, -0.05) is 91.0 Å². The van der Waals surface area contributed by atoms with Crippen LogP contribution in [0.25, 0.3) is 64.3 Å². The van der Waals surface area contributed by atoms with Crippen LogP contribution in [0.5, 0.6) is 0 Å². The first kappa shape index (κ1) is 22.7. The van der Waals surface area contributed by atoms with Crippen molar-refractivity contribution in [1.29, 1.82) is 0 Å². The number of benzene rings is 6. The van der Waals surface area contributed by atoms with E-state index in [-0.39, 0.29) is 0 Å². The second-order valence-corrected chi connectivity index (χ2v) is 10.8. The van der Waals surface area contributed by atoms with E-state index in [0.29, 0.717) is 6.54 Å². The van der Waals surface area contributed by atoms with Crippen molar-refractivity contribution >= 4 is 49.0 Å². The van der Waals surface area contributed by atoms with Gasteiger partial charge in [-0.15, -0.1) is 11.3 Å².